The fourth-order valence-corrected chi connectivity index (χ4v) is 2.21. The molecule has 0 spiro atoms. The number of rotatable bonds is 2. The van der Waals surface area contributed by atoms with Crippen molar-refractivity contribution in [2.45, 2.75) is 0 Å². The first-order valence-electron chi connectivity index (χ1n) is 6.49. The fourth-order valence-electron chi connectivity index (χ4n) is 2.21. The number of benzene rings is 2. The first-order valence-corrected chi connectivity index (χ1v) is 6.49. The molecule has 1 heterocycles. The molecule has 1 aromatic heterocycles. The Morgan fingerprint density at radius 2 is 1.81 bits per heavy atom. The maximum atomic E-state index is 13.5. The Labute approximate surface area is 121 Å². The van der Waals surface area contributed by atoms with Gasteiger partial charge in [0.25, 0.3) is 0 Å². The van der Waals surface area contributed by atoms with Gasteiger partial charge in [-0.1, -0.05) is 12.1 Å². The molecule has 0 unspecified atom stereocenters. The first-order chi connectivity index (χ1) is 10.1. The maximum absolute atomic E-state index is 13.5. The van der Waals surface area contributed by atoms with E-state index in [1.165, 1.54) is 12.1 Å². The van der Waals surface area contributed by atoms with Gasteiger partial charge in [-0.05, 0) is 30.3 Å². The number of aromatic nitrogens is 2. The molecule has 3 aromatic rings. The van der Waals surface area contributed by atoms with Crippen molar-refractivity contribution in [2.75, 3.05) is 19.0 Å². The van der Waals surface area contributed by atoms with Gasteiger partial charge in [-0.3, -0.25) is 0 Å². The summed E-state index contributed by atoms with van der Waals surface area (Å²) in [6, 6.07) is 11.3. The van der Waals surface area contributed by atoms with Crippen LogP contribution in [0.5, 0.6) is 5.75 Å². The molecule has 0 amide bonds. The van der Waals surface area contributed by atoms with E-state index in [1.807, 2.05) is 20.2 Å². The summed E-state index contributed by atoms with van der Waals surface area (Å²) >= 11 is 0. The van der Waals surface area contributed by atoms with Gasteiger partial charge in [0.15, 0.2) is 5.82 Å². The van der Waals surface area contributed by atoms with Gasteiger partial charge in [0.1, 0.15) is 17.4 Å². The molecule has 0 aliphatic rings. The maximum Gasteiger partial charge on any atom is 0.165 e. The highest BCUT2D eigenvalue weighted by Crippen LogP contribution is 2.30. The average Bonchev–Trinajstić information content (AvgIpc) is 2.46. The summed E-state index contributed by atoms with van der Waals surface area (Å²) in [6.07, 6.45) is 0. The van der Waals surface area contributed by atoms with Crippen LogP contribution in [0.15, 0.2) is 42.5 Å². The summed E-state index contributed by atoms with van der Waals surface area (Å²) in [6.45, 7) is 0. The second-order valence-electron chi connectivity index (χ2n) is 4.94. The molecule has 0 bridgehead atoms. The van der Waals surface area contributed by atoms with Crippen LogP contribution in [0.25, 0.3) is 22.3 Å². The summed E-state index contributed by atoms with van der Waals surface area (Å²) < 4.78 is 13.5. The second-order valence-corrected chi connectivity index (χ2v) is 4.94. The van der Waals surface area contributed by atoms with Crippen molar-refractivity contribution < 1.29 is 9.50 Å². The minimum Gasteiger partial charge on any atom is -0.507 e. The Hall–Kier alpha value is -2.69. The van der Waals surface area contributed by atoms with E-state index in [1.54, 1.807) is 29.2 Å². The van der Waals surface area contributed by atoms with Gasteiger partial charge in [-0.15, -0.1) is 0 Å². The molecule has 5 heteroatoms. The molecule has 21 heavy (non-hydrogen) atoms. The van der Waals surface area contributed by atoms with Crippen LogP contribution in [0, 0.1) is 5.82 Å². The van der Waals surface area contributed by atoms with E-state index in [9.17, 15) is 9.50 Å². The molecule has 0 saturated carbocycles. The van der Waals surface area contributed by atoms with Crippen molar-refractivity contribution in [3.8, 4) is 17.1 Å². The molecule has 0 aliphatic heterocycles. The van der Waals surface area contributed by atoms with Crippen molar-refractivity contribution in [2.24, 2.45) is 0 Å². The summed E-state index contributed by atoms with van der Waals surface area (Å²) in [5.41, 5.74) is 1.18. The quantitative estimate of drug-likeness (QED) is 0.784. The predicted octanol–water partition coefficient (Wildman–Crippen LogP) is 3.21. The van der Waals surface area contributed by atoms with Gasteiger partial charge in [-0.2, -0.15) is 0 Å². The van der Waals surface area contributed by atoms with Crippen LogP contribution < -0.4 is 4.90 Å². The van der Waals surface area contributed by atoms with E-state index in [4.69, 9.17) is 0 Å². The average molecular weight is 283 g/mol. The Balaban J connectivity index is 2.31. The first kappa shape index (κ1) is 13.3. The van der Waals surface area contributed by atoms with E-state index in [2.05, 4.69) is 9.97 Å². The zero-order chi connectivity index (χ0) is 15.0. The monoisotopic (exact) mass is 283 g/mol. The highest BCUT2D eigenvalue weighted by atomic mass is 19.1. The molecular formula is C16H14FN3O. The smallest absolute Gasteiger partial charge is 0.165 e. The topological polar surface area (TPSA) is 49.2 Å². The molecule has 0 atom stereocenters. The van der Waals surface area contributed by atoms with Gasteiger partial charge in [0, 0.05) is 19.5 Å². The van der Waals surface area contributed by atoms with Gasteiger partial charge in [0.2, 0.25) is 0 Å². The number of anilines is 1. The van der Waals surface area contributed by atoms with Crippen LogP contribution in [0.1, 0.15) is 0 Å². The molecule has 106 valence electrons. The lowest BCUT2D eigenvalue weighted by Gasteiger charge is -2.15. The van der Waals surface area contributed by atoms with Gasteiger partial charge < -0.3 is 10.0 Å². The van der Waals surface area contributed by atoms with Crippen molar-refractivity contribution >= 4 is 16.7 Å². The number of para-hydroxylation sites is 1. The summed E-state index contributed by atoms with van der Waals surface area (Å²) in [5, 5.41) is 10.6. The van der Waals surface area contributed by atoms with Crippen molar-refractivity contribution in [1.82, 2.24) is 9.97 Å². The molecule has 0 aliphatic carbocycles. The van der Waals surface area contributed by atoms with Gasteiger partial charge in [0.05, 0.1) is 11.1 Å². The summed E-state index contributed by atoms with van der Waals surface area (Å²) in [4.78, 5) is 10.7. The lowest BCUT2D eigenvalue weighted by Crippen LogP contribution is -2.12. The lowest BCUT2D eigenvalue weighted by molar-refractivity contribution is 0.477. The van der Waals surface area contributed by atoms with E-state index < -0.39 is 0 Å². The number of phenols is 1. The summed E-state index contributed by atoms with van der Waals surface area (Å²) in [7, 11) is 3.67. The Morgan fingerprint density at radius 1 is 1.05 bits per heavy atom. The number of halogens is 1. The standard InChI is InChI=1S/C16H14FN3O/c1-20(2)16-12-9-10(17)7-8-13(12)18-15(19-16)11-5-3-4-6-14(11)21/h3-9,21H,1-2H3. The molecular weight excluding hydrogens is 269 g/mol. The molecule has 0 radical (unpaired) electrons. The number of nitrogens with zero attached hydrogens (tertiary/aromatic N) is 3. The molecule has 0 saturated heterocycles. The highest BCUT2D eigenvalue weighted by Gasteiger charge is 2.13. The van der Waals surface area contributed by atoms with Crippen LogP contribution in [-0.4, -0.2) is 29.2 Å². The third-order valence-corrected chi connectivity index (χ3v) is 3.21. The van der Waals surface area contributed by atoms with Crippen molar-refractivity contribution in [3.05, 3.63) is 48.3 Å². The zero-order valence-electron chi connectivity index (χ0n) is 11.7. The fraction of sp³-hybridized carbons (Fsp3) is 0.125. The second kappa shape index (κ2) is 5.01. The van der Waals surface area contributed by atoms with Crippen LogP contribution >= 0.6 is 0 Å². The largest absolute Gasteiger partial charge is 0.507 e. The Kier molecular flexibility index (Phi) is 3.17. The lowest BCUT2D eigenvalue weighted by atomic mass is 10.1. The third kappa shape index (κ3) is 2.38. The van der Waals surface area contributed by atoms with Gasteiger partial charge >= 0.3 is 0 Å². The van der Waals surface area contributed by atoms with E-state index in [-0.39, 0.29) is 11.6 Å². The van der Waals surface area contributed by atoms with Crippen LogP contribution in [0.4, 0.5) is 10.2 Å². The number of hydrogen-bond donors (Lipinski definition) is 1. The zero-order valence-corrected chi connectivity index (χ0v) is 11.7. The normalized spacial score (nSPS) is 10.8. The van der Waals surface area contributed by atoms with Gasteiger partial charge in [-0.25, -0.2) is 14.4 Å². The van der Waals surface area contributed by atoms with Crippen LogP contribution in [-0.2, 0) is 0 Å². The minimum absolute atomic E-state index is 0.115. The molecule has 2 aromatic carbocycles. The van der Waals surface area contributed by atoms with E-state index in [0.29, 0.717) is 28.1 Å². The molecule has 0 fully saturated rings. The minimum atomic E-state index is -0.329. The molecule has 1 N–H and O–H groups in total. The Morgan fingerprint density at radius 3 is 2.52 bits per heavy atom. The van der Waals surface area contributed by atoms with Crippen molar-refractivity contribution in [1.29, 1.82) is 0 Å². The number of hydrogen-bond acceptors (Lipinski definition) is 4. The predicted molar refractivity (Wildman–Crippen MR) is 80.9 cm³/mol. The van der Waals surface area contributed by atoms with Crippen LogP contribution in [0.3, 0.4) is 0 Å². The summed E-state index contributed by atoms with van der Waals surface area (Å²) in [5.74, 6) is 0.807. The molecule has 4 nitrogen and oxygen atoms in total. The number of aromatic hydroxyl groups is 1. The third-order valence-electron chi connectivity index (χ3n) is 3.21. The van der Waals surface area contributed by atoms with E-state index >= 15 is 0 Å². The SMILES string of the molecule is CN(C)c1nc(-c2ccccc2O)nc2ccc(F)cc12. The van der Waals surface area contributed by atoms with E-state index in [0.717, 1.165) is 0 Å². The van der Waals surface area contributed by atoms with Crippen LogP contribution in [0.2, 0.25) is 0 Å². The number of fused-ring (bicyclic) bond motifs is 1. The molecule has 3 rings (SSSR count). The Bertz CT molecular complexity index is 818. The van der Waals surface area contributed by atoms with Crippen molar-refractivity contribution in [3.63, 3.8) is 0 Å². The number of phenolic OH excluding ortho intramolecular Hbond substituents is 1. The highest BCUT2D eigenvalue weighted by molar-refractivity contribution is 5.91.